The number of benzene rings is 1. The molecule has 0 spiro atoms. The van der Waals surface area contributed by atoms with Gasteiger partial charge >= 0.3 is 18.0 Å². The molecular formula is C17H21F7O. The lowest BCUT2D eigenvalue weighted by Gasteiger charge is -2.37. The molecule has 1 nitrogen and oxygen atoms in total. The van der Waals surface area contributed by atoms with Gasteiger partial charge in [-0.3, -0.25) is 0 Å². The van der Waals surface area contributed by atoms with Crippen molar-refractivity contribution in [3.05, 3.63) is 35.4 Å². The van der Waals surface area contributed by atoms with Crippen molar-refractivity contribution in [2.24, 2.45) is 0 Å². The van der Waals surface area contributed by atoms with Crippen LogP contribution in [0.5, 0.6) is 0 Å². The Bertz CT molecular complexity index is 568. The van der Waals surface area contributed by atoms with Gasteiger partial charge in [0, 0.05) is 7.11 Å². The molecule has 0 saturated heterocycles. The van der Waals surface area contributed by atoms with Gasteiger partial charge in [0.1, 0.15) is 0 Å². The van der Waals surface area contributed by atoms with Gasteiger partial charge in [0.15, 0.2) is 0 Å². The maximum Gasteiger partial charge on any atom is 0.459 e. The number of rotatable bonds is 8. The van der Waals surface area contributed by atoms with Crippen LogP contribution in [-0.2, 0) is 16.8 Å². The first-order valence-corrected chi connectivity index (χ1v) is 7.78. The summed E-state index contributed by atoms with van der Waals surface area (Å²) in [6.45, 7) is 3.01. The fourth-order valence-electron chi connectivity index (χ4n) is 2.64. The molecule has 0 heterocycles. The van der Waals surface area contributed by atoms with E-state index in [-0.39, 0.29) is 5.56 Å². The van der Waals surface area contributed by atoms with Crippen LogP contribution in [0.15, 0.2) is 24.3 Å². The minimum Gasteiger partial charge on any atom is -0.374 e. The molecule has 0 saturated carbocycles. The van der Waals surface area contributed by atoms with Gasteiger partial charge in [0.25, 0.3) is 0 Å². The number of aryl methyl sites for hydroxylation is 1. The quantitative estimate of drug-likeness (QED) is 0.499. The zero-order chi connectivity index (χ0) is 19.5. The lowest BCUT2D eigenvalue weighted by molar-refractivity contribution is -0.362. The number of methoxy groups -OCH3 is 1. The minimum absolute atomic E-state index is 0.184. The maximum absolute atomic E-state index is 13.9. The predicted molar refractivity (Wildman–Crippen MR) is 80.0 cm³/mol. The van der Waals surface area contributed by atoms with Gasteiger partial charge in [-0.25, -0.2) is 0 Å². The van der Waals surface area contributed by atoms with Crippen molar-refractivity contribution >= 4 is 0 Å². The van der Waals surface area contributed by atoms with Crippen molar-refractivity contribution in [3.63, 3.8) is 0 Å². The standard InChI is InChI=1S/C17H21F7O/c1-4-5-8-12-9-6-7-10-13(12)14(2,25-3)11-15(18,19)16(20,21)17(22,23)24/h6-7,9-10H,4-5,8,11H2,1-3H3. The van der Waals surface area contributed by atoms with E-state index in [2.05, 4.69) is 0 Å². The van der Waals surface area contributed by atoms with E-state index < -0.39 is 30.0 Å². The van der Waals surface area contributed by atoms with Crippen LogP contribution < -0.4 is 0 Å². The van der Waals surface area contributed by atoms with Gasteiger partial charge in [-0.2, -0.15) is 30.7 Å². The van der Waals surface area contributed by atoms with Crippen molar-refractivity contribution in [2.75, 3.05) is 7.11 Å². The molecule has 0 N–H and O–H groups in total. The minimum atomic E-state index is -6.35. The van der Waals surface area contributed by atoms with Crippen LogP contribution in [0.2, 0.25) is 0 Å². The lowest BCUT2D eigenvalue weighted by Crippen LogP contribution is -2.54. The van der Waals surface area contributed by atoms with E-state index in [1.54, 1.807) is 12.1 Å². The molecule has 0 aliphatic rings. The molecule has 1 aromatic carbocycles. The first kappa shape index (κ1) is 21.7. The Morgan fingerprint density at radius 3 is 2.00 bits per heavy atom. The molecule has 1 rings (SSSR count). The molecule has 8 heteroatoms. The highest BCUT2D eigenvalue weighted by Gasteiger charge is 2.73. The Morgan fingerprint density at radius 2 is 1.52 bits per heavy atom. The first-order chi connectivity index (χ1) is 11.3. The van der Waals surface area contributed by atoms with E-state index in [4.69, 9.17) is 4.74 Å². The van der Waals surface area contributed by atoms with Gasteiger partial charge in [0.2, 0.25) is 0 Å². The third-order valence-corrected chi connectivity index (χ3v) is 4.21. The van der Waals surface area contributed by atoms with E-state index in [1.807, 2.05) is 6.92 Å². The topological polar surface area (TPSA) is 9.23 Å². The smallest absolute Gasteiger partial charge is 0.374 e. The average molecular weight is 374 g/mol. The highest BCUT2D eigenvalue weighted by molar-refractivity contribution is 5.33. The number of halogens is 7. The predicted octanol–water partition coefficient (Wildman–Crippen LogP) is 6.11. The largest absolute Gasteiger partial charge is 0.459 e. The summed E-state index contributed by atoms with van der Waals surface area (Å²) in [6, 6.07) is 6.19. The highest BCUT2D eigenvalue weighted by Crippen LogP contribution is 2.51. The average Bonchev–Trinajstić information content (AvgIpc) is 2.51. The normalized spacial score (nSPS) is 15.9. The maximum atomic E-state index is 13.9. The summed E-state index contributed by atoms with van der Waals surface area (Å²) < 4.78 is 96.5. The van der Waals surface area contributed by atoms with E-state index in [0.717, 1.165) is 20.5 Å². The van der Waals surface area contributed by atoms with Gasteiger partial charge in [-0.15, -0.1) is 0 Å². The fourth-order valence-corrected chi connectivity index (χ4v) is 2.64. The van der Waals surface area contributed by atoms with Gasteiger partial charge < -0.3 is 4.74 Å². The summed E-state index contributed by atoms with van der Waals surface area (Å²) >= 11 is 0. The molecule has 0 aliphatic carbocycles. The molecule has 1 aromatic rings. The molecule has 0 fully saturated rings. The van der Waals surface area contributed by atoms with Crippen molar-refractivity contribution in [2.45, 2.75) is 63.2 Å². The second kappa shape index (κ2) is 7.51. The SMILES string of the molecule is CCCCc1ccccc1C(C)(CC(F)(F)C(F)(F)C(F)(F)F)OC. The number of alkyl halides is 7. The summed E-state index contributed by atoms with van der Waals surface area (Å²) in [5, 5.41) is 0. The van der Waals surface area contributed by atoms with E-state index in [9.17, 15) is 30.7 Å². The highest BCUT2D eigenvalue weighted by atomic mass is 19.4. The zero-order valence-corrected chi connectivity index (χ0v) is 14.2. The second-order valence-corrected chi connectivity index (χ2v) is 6.15. The molecule has 0 bridgehead atoms. The molecule has 0 amide bonds. The van der Waals surface area contributed by atoms with Crippen LogP contribution >= 0.6 is 0 Å². The third kappa shape index (κ3) is 4.46. The monoisotopic (exact) mass is 374 g/mol. The van der Waals surface area contributed by atoms with Crippen LogP contribution in [0, 0.1) is 0 Å². The molecule has 25 heavy (non-hydrogen) atoms. The molecule has 144 valence electrons. The molecule has 0 aliphatic heterocycles. The van der Waals surface area contributed by atoms with Crippen molar-refractivity contribution in [3.8, 4) is 0 Å². The van der Waals surface area contributed by atoms with Crippen LogP contribution in [0.25, 0.3) is 0 Å². The summed E-state index contributed by atoms with van der Waals surface area (Å²) in [5.41, 5.74) is -1.23. The number of ether oxygens (including phenoxy) is 1. The Labute approximate surface area is 142 Å². The lowest BCUT2D eigenvalue weighted by atomic mass is 9.83. The summed E-state index contributed by atoms with van der Waals surface area (Å²) in [4.78, 5) is 0. The second-order valence-electron chi connectivity index (χ2n) is 6.15. The molecule has 1 unspecified atom stereocenters. The number of hydrogen-bond acceptors (Lipinski definition) is 1. The van der Waals surface area contributed by atoms with Crippen LogP contribution in [-0.4, -0.2) is 25.1 Å². The number of unbranched alkanes of at least 4 members (excludes halogenated alkanes) is 1. The first-order valence-electron chi connectivity index (χ1n) is 7.78. The summed E-state index contributed by atoms with van der Waals surface area (Å²) in [5.74, 6) is -11.5. The van der Waals surface area contributed by atoms with Crippen LogP contribution in [0.3, 0.4) is 0 Å². The molecule has 0 radical (unpaired) electrons. The summed E-state index contributed by atoms with van der Waals surface area (Å²) in [7, 11) is 1.01. The molecule has 1 atom stereocenters. The van der Waals surface area contributed by atoms with E-state index >= 15 is 0 Å². The van der Waals surface area contributed by atoms with Crippen molar-refractivity contribution in [1.82, 2.24) is 0 Å². The Hall–Kier alpha value is -1.31. The Kier molecular flexibility index (Phi) is 6.53. The summed E-state index contributed by atoms with van der Waals surface area (Å²) in [6.07, 6.45) is -6.15. The van der Waals surface area contributed by atoms with Gasteiger partial charge in [-0.05, 0) is 30.9 Å². The molecule has 0 aromatic heterocycles. The Morgan fingerprint density at radius 1 is 0.960 bits per heavy atom. The van der Waals surface area contributed by atoms with Crippen LogP contribution in [0.4, 0.5) is 30.7 Å². The van der Waals surface area contributed by atoms with E-state index in [0.29, 0.717) is 18.4 Å². The van der Waals surface area contributed by atoms with Gasteiger partial charge in [0.05, 0.1) is 12.0 Å². The van der Waals surface area contributed by atoms with Crippen molar-refractivity contribution < 1.29 is 35.5 Å². The fraction of sp³-hybridized carbons (Fsp3) is 0.647. The third-order valence-electron chi connectivity index (χ3n) is 4.21. The Balaban J connectivity index is 3.28. The van der Waals surface area contributed by atoms with E-state index in [1.165, 1.54) is 12.1 Å². The van der Waals surface area contributed by atoms with Crippen LogP contribution in [0.1, 0.15) is 44.2 Å². The number of hydrogen-bond donors (Lipinski definition) is 0. The molecular weight excluding hydrogens is 353 g/mol. The zero-order valence-electron chi connectivity index (χ0n) is 14.2. The van der Waals surface area contributed by atoms with Gasteiger partial charge in [-0.1, -0.05) is 37.6 Å². The van der Waals surface area contributed by atoms with Crippen molar-refractivity contribution in [1.29, 1.82) is 0 Å².